The van der Waals surface area contributed by atoms with Crippen molar-refractivity contribution in [1.82, 2.24) is 9.97 Å². The summed E-state index contributed by atoms with van der Waals surface area (Å²) in [5, 5.41) is 3.22. The second-order valence-electron chi connectivity index (χ2n) is 5.69. The maximum absolute atomic E-state index is 4.84. The average Bonchev–Trinajstić information content (AvgIpc) is 2.41. The highest BCUT2D eigenvalue weighted by Gasteiger charge is 2.16. The molecule has 4 nitrogen and oxygen atoms in total. The molecule has 1 aromatic heterocycles. The number of aromatic nitrogens is 2. The maximum atomic E-state index is 4.84. The summed E-state index contributed by atoms with van der Waals surface area (Å²) in [6.07, 6.45) is 8.69. The lowest BCUT2D eigenvalue weighted by molar-refractivity contribution is 0.552. The summed E-state index contributed by atoms with van der Waals surface area (Å²) < 4.78 is 0. The second-order valence-corrected chi connectivity index (χ2v) is 5.69. The van der Waals surface area contributed by atoms with Crippen LogP contribution in [-0.2, 0) is 6.42 Å². The molecular weight excluding hydrogens is 248 g/mol. The molecule has 1 aliphatic rings. The van der Waals surface area contributed by atoms with Gasteiger partial charge in [0.1, 0.15) is 17.5 Å². The van der Waals surface area contributed by atoms with Crippen molar-refractivity contribution in [3.05, 3.63) is 11.4 Å². The van der Waals surface area contributed by atoms with Gasteiger partial charge in [0.2, 0.25) is 0 Å². The molecule has 1 saturated heterocycles. The lowest BCUT2D eigenvalue weighted by Crippen LogP contribution is -2.29. The van der Waals surface area contributed by atoms with Gasteiger partial charge in [0.15, 0.2) is 0 Å². The Balaban J connectivity index is 2.29. The van der Waals surface area contributed by atoms with Crippen LogP contribution in [0.2, 0.25) is 0 Å². The molecule has 1 N–H and O–H groups in total. The predicted octanol–water partition coefficient (Wildman–Crippen LogP) is 3.55. The smallest absolute Gasteiger partial charge is 0.137 e. The third kappa shape index (κ3) is 3.62. The Morgan fingerprint density at radius 2 is 1.70 bits per heavy atom. The van der Waals surface area contributed by atoms with Crippen molar-refractivity contribution in [3.8, 4) is 0 Å². The molecule has 0 spiro atoms. The van der Waals surface area contributed by atoms with E-state index in [0.29, 0.717) is 0 Å². The van der Waals surface area contributed by atoms with Crippen LogP contribution in [0.3, 0.4) is 0 Å². The Morgan fingerprint density at radius 3 is 2.30 bits per heavy atom. The topological polar surface area (TPSA) is 41.1 Å². The van der Waals surface area contributed by atoms with Crippen molar-refractivity contribution in [1.29, 1.82) is 0 Å². The fourth-order valence-electron chi connectivity index (χ4n) is 2.90. The first-order valence-electron chi connectivity index (χ1n) is 8.06. The third-order valence-electron chi connectivity index (χ3n) is 4.03. The number of hydrogen-bond acceptors (Lipinski definition) is 4. The summed E-state index contributed by atoms with van der Waals surface area (Å²) >= 11 is 0. The van der Waals surface area contributed by atoms with Crippen LogP contribution in [0, 0.1) is 6.92 Å². The van der Waals surface area contributed by atoms with Crippen LogP contribution in [0.15, 0.2) is 0 Å². The van der Waals surface area contributed by atoms with Gasteiger partial charge < -0.3 is 10.2 Å². The SMILES string of the molecule is CCCc1nc(NC)c(C)c(N2CCCCCCC2)n1. The minimum absolute atomic E-state index is 0.954. The molecule has 2 rings (SSSR count). The van der Waals surface area contributed by atoms with Crippen molar-refractivity contribution in [2.75, 3.05) is 30.4 Å². The van der Waals surface area contributed by atoms with E-state index in [9.17, 15) is 0 Å². The predicted molar refractivity (Wildman–Crippen MR) is 85.6 cm³/mol. The van der Waals surface area contributed by atoms with E-state index in [1.807, 2.05) is 7.05 Å². The molecule has 0 unspecified atom stereocenters. The quantitative estimate of drug-likeness (QED) is 0.913. The summed E-state index contributed by atoms with van der Waals surface area (Å²) in [6.45, 7) is 6.58. The second kappa shape index (κ2) is 7.46. The molecule has 20 heavy (non-hydrogen) atoms. The van der Waals surface area contributed by atoms with Crippen LogP contribution < -0.4 is 10.2 Å². The number of anilines is 2. The number of aryl methyl sites for hydroxylation is 1. The summed E-state index contributed by atoms with van der Waals surface area (Å²) in [7, 11) is 1.95. The fraction of sp³-hybridized carbons (Fsp3) is 0.750. The van der Waals surface area contributed by atoms with Gasteiger partial charge in [0.25, 0.3) is 0 Å². The minimum Gasteiger partial charge on any atom is -0.373 e. The normalized spacial score (nSPS) is 16.6. The zero-order valence-electron chi connectivity index (χ0n) is 13.2. The van der Waals surface area contributed by atoms with Crippen molar-refractivity contribution in [2.24, 2.45) is 0 Å². The molecule has 1 fully saturated rings. The van der Waals surface area contributed by atoms with Crippen LogP contribution in [0.1, 0.15) is 56.8 Å². The monoisotopic (exact) mass is 276 g/mol. The molecule has 0 aliphatic carbocycles. The Bertz CT molecular complexity index is 423. The van der Waals surface area contributed by atoms with E-state index in [-0.39, 0.29) is 0 Å². The standard InChI is InChI=1S/C16H28N4/c1-4-10-14-18-15(17-3)13(2)16(19-14)20-11-8-6-5-7-9-12-20/h4-12H2,1-3H3,(H,17,18,19). The molecule has 112 valence electrons. The first-order valence-corrected chi connectivity index (χ1v) is 8.06. The average molecular weight is 276 g/mol. The molecule has 4 heteroatoms. The molecule has 0 atom stereocenters. The van der Waals surface area contributed by atoms with Gasteiger partial charge in [-0.25, -0.2) is 9.97 Å². The van der Waals surface area contributed by atoms with E-state index in [1.54, 1.807) is 0 Å². The summed E-state index contributed by atoms with van der Waals surface area (Å²) in [6, 6.07) is 0. The first kappa shape index (κ1) is 15.1. The van der Waals surface area contributed by atoms with Crippen LogP contribution in [0.25, 0.3) is 0 Å². The number of nitrogens with zero attached hydrogens (tertiary/aromatic N) is 3. The molecule has 0 saturated carbocycles. The number of hydrogen-bond donors (Lipinski definition) is 1. The lowest BCUT2D eigenvalue weighted by Gasteiger charge is -2.28. The Morgan fingerprint density at radius 1 is 1.05 bits per heavy atom. The molecule has 0 amide bonds. The molecule has 0 radical (unpaired) electrons. The molecule has 1 aromatic rings. The highest BCUT2D eigenvalue weighted by Crippen LogP contribution is 2.25. The van der Waals surface area contributed by atoms with E-state index in [4.69, 9.17) is 4.98 Å². The van der Waals surface area contributed by atoms with E-state index >= 15 is 0 Å². The Hall–Kier alpha value is -1.32. The highest BCUT2D eigenvalue weighted by atomic mass is 15.2. The Labute approximate surface area is 123 Å². The maximum Gasteiger partial charge on any atom is 0.137 e. The van der Waals surface area contributed by atoms with Gasteiger partial charge in [-0.2, -0.15) is 0 Å². The molecular formula is C16H28N4. The third-order valence-corrected chi connectivity index (χ3v) is 4.03. The van der Waals surface area contributed by atoms with Crippen molar-refractivity contribution in [3.63, 3.8) is 0 Å². The summed E-state index contributed by atoms with van der Waals surface area (Å²) in [5.41, 5.74) is 1.19. The summed E-state index contributed by atoms with van der Waals surface area (Å²) in [4.78, 5) is 11.9. The lowest BCUT2D eigenvalue weighted by atomic mass is 10.1. The van der Waals surface area contributed by atoms with Gasteiger partial charge >= 0.3 is 0 Å². The van der Waals surface area contributed by atoms with Gasteiger partial charge in [0, 0.05) is 32.1 Å². The van der Waals surface area contributed by atoms with Gasteiger partial charge in [-0.05, 0) is 26.2 Å². The van der Waals surface area contributed by atoms with Gasteiger partial charge in [-0.3, -0.25) is 0 Å². The zero-order chi connectivity index (χ0) is 14.4. The molecule has 0 bridgehead atoms. The molecule has 1 aliphatic heterocycles. The van der Waals surface area contributed by atoms with E-state index in [1.165, 1.54) is 37.7 Å². The van der Waals surface area contributed by atoms with Crippen molar-refractivity contribution in [2.45, 2.75) is 58.8 Å². The van der Waals surface area contributed by atoms with Crippen molar-refractivity contribution >= 4 is 11.6 Å². The highest BCUT2D eigenvalue weighted by molar-refractivity contribution is 5.58. The van der Waals surface area contributed by atoms with E-state index in [0.717, 1.165) is 43.4 Å². The van der Waals surface area contributed by atoms with Gasteiger partial charge in [-0.1, -0.05) is 26.2 Å². The van der Waals surface area contributed by atoms with E-state index in [2.05, 4.69) is 29.0 Å². The zero-order valence-corrected chi connectivity index (χ0v) is 13.2. The van der Waals surface area contributed by atoms with Crippen LogP contribution in [0.5, 0.6) is 0 Å². The van der Waals surface area contributed by atoms with Crippen molar-refractivity contribution < 1.29 is 0 Å². The largest absolute Gasteiger partial charge is 0.373 e. The van der Waals surface area contributed by atoms with Crippen LogP contribution in [-0.4, -0.2) is 30.1 Å². The number of rotatable bonds is 4. The van der Waals surface area contributed by atoms with Gasteiger partial charge in [-0.15, -0.1) is 0 Å². The molecule has 2 heterocycles. The summed E-state index contributed by atoms with van der Waals surface area (Å²) in [5.74, 6) is 3.11. The Kier molecular flexibility index (Phi) is 5.62. The molecule has 0 aromatic carbocycles. The number of nitrogens with one attached hydrogen (secondary N) is 1. The van der Waals surface area contributed by atoms with Crippen LogP contribution in [0.4, 0.5) is 11.6 Å². The van der Waals surface area contributed by atoms with Gasteiger partial charge in [0.05, 0.1) is 0 Å². The minimum atomic E-state index is 0.954. The first-order chi connectivity index (χ1) is 9.76. The fourth-order valence-corrected chi connectivity index (χ4v) is 2.90. The van der Waals surface area contributed by atoms with E-state index < -0.39 is 0 Å². The van der Waals surface area contributed by atoms with Crippen LogP contribution >= 0.6 is 0 Å².